The normalized spacial score (nSPS) is 18.1. The molecule has 1 aliphatic heterocycles. The van der Waals surface area contributed by atoms with E-state index in [2.05, 4.69) is 15.3 Å². The molecule has 10 nitrogen and oxygen atoms in total. The number of ketones is 4. The van der Waals surface area contributed by atoms with Crippen molar-refractivity contribution in [3.8, 4) is 0 Å². The molecule has 2 heterocycles. The predicted molar refractivity (Wildman–Crippen MR) is 185 cm³/mol. The van der Waals surface area contributed by atoms with Crippen LogP contribution in [-0.2, 0) is 36.9 Å². The number of carbonyl (C=O) groups is 6. The highest BCUT2D eigenvalue weighted by atomic mass is 16.2. The van der Waals surface area contributed by atoms with Crippen molar-refractivity contribution in [3.63, 3.8) is 0 Å². The number of rotatable bonds is 15. The first kappa shape index (κ1) is 37.7. The third-order valence-corrected chi connectivity index (χ3v) is 9.80. The lowest BCUT2D eigenvalue weighted by atomic mass is 9.76. The summed E-state index contributed by atoms with van der Waals surface area (Å²) >= 11 is 0. The molecule has 0 spiro atoms. The fourth-order valence-electron chi connectivity index (χ4n) is 6.59. The van der Waals surface area contributed by atoms with Crippen LogP contribution in [0, 0.1) is 28.6 Å². The summed E-state index contributed by atoms with van der Waals surface area (Å²) < 4.78 is 0. The van der Waals surface area contributed by atoms with Gasteiger partial charge in [0.15, 0.2) is 17.3 Å². The Kier molecular flexibility index (Phi) is 12.0. The molecule has 4 rings (SSSR count). The first-order valence-corrected chi connectivity index (χ1v) is 17.6. The molecule has 1 aromatic heterocycles. The quantitative estimate of drug-likeness (QED) is 0.193. The molecule has 1 saturated carbocycles. The summed E-state index contributed by atoms with van der Waals surface area (Å²) in [7, 11) is 0. The van der Waals surface area contributed by atoms with E-state index in [0.29, 0.717) is 12.8 Å². The highest BCUT2D eigenvalue weighted by Crippen LogP contribution is 2.35. The molecule has 264 valence electrons. The molecule has 0 bridgehead atoms. The molecular formula is C39H52N4O6. The Labute approximate surface area is 290 Å². The van der Waals surface area contributed by atoms with Crippen molar-refractivity contribution in [2.24, 2.45) is 28.6 Å². The zero-order valence-electron chi connectivity index (χ0n) is 30.1. The Balaban J connectivity index is 1.61. The Bertz CT molecular complexity index is 1550. The highest BCUT2D eigenvalue weighted by molar-refractivity contribution is 6.38. The minimum absolute atomic E-state index is 0.121. The molecule has 0 saturated heterocycles. The average Bonchev–Trinajstić information content (AvgIpc) is 3.87. The molecule has 2 aliphatic rings. The fourth-order valence-corrected chi connectivity index (χ4v) is 6.59. The summed E-state index contributed by atoms with van der Waals surface area (Å²) in [6.45, 7) is 13.2. The van der Waals surface area contributed by atoms with Crippen molar-refractivity contribution >= 4 is 34.9 Å². The van der Waals surface area contributed by atoms with Crippen LogP contribution in [0.2, 0.25) is 0 Å². The van der Waals surface area contributed by atoms with Crippen LogP contribution < -0.4 is 5.32 Å². The number of carbonyl (C=O) groups excluding carboxylic acids is 6. The van der Waals surface area contributed by atoms with Gasteiger partial charge < -0.3 is 10.2 Å². The van der Waals surface area contributed by atoms with E-state index < -0.39 is 58.1 Å². The number of hydrogen-bond donors (Lipinski definition) is 1. The predicted octanol–water partition coefficient (Wildman–Crippen LogP) is 5.51. The van der Waals surface area contributed by atoms with E-state index in [1.807, 2.05) is 72.7 Å². The SMILES string of the molecule is CCC[C@H](CC(=O)[C@@H]1Cc2ccccc2CN1C(=O)[C@@H](NC(=O)[C@@H](CC(=O)c1cnccn1)C(C)(C)C)C(C)(C)C)C(=O)C(=O)CC1CC1. The summed E-state index contributed by atoms with van der Waals surface area (Å²) in [4.78, 5) is 91.7. The van der Waals surface area contributed by atoms with Gasteiger partial charge in [-0.3, -0.25) is 33.8 Å². The molecule has 1 N–H and O–H groups in total. The van der Waals surface area contributed by atoms with E-state index in [1.165, 1.54) is 23.5 Å². The molecule has 2 amide bonds. The molecule has 1 aromatic carbocycles. The Hall–Kier alpha value is -4.08. The fraction of sp³-hybridized carbons (Fsp3) is 0.590. The standard InChI is InChI=1S/C39H52N4O6/c1-8-11-26(34(47)33(46)18-24-14-15-24)20-32(45)30-19-25-12-9-10-13-27(25)23-43(30)37(49)35(39(5,6)7)42-36(48)28(38(2,3)4)21-31(44)29-22-40-16-17-41-29/h9-10,12-13,16-17,22,24,26,28,30,35H,8,11,14-15,18-21,23H2,1-7H3,(H,42,48)/t26-,28-,30+,35-/m1/s1. The van der Waals surface area contributed by atoms with Crippen LogP contribution in [0.3, 0.4) is 0 Å². The van der Waals surface area contributed by atoms with E-state index in [1.54, 1.807) is 0 Å². The van der Waals surface area contributed by atoms with Gasteiger partial charge in [0.2, 0.25) is 17.6 Å². The number of benzene rings is 1. The first-order valence-electron chi connectivity index (χ1n) is 17.6. The number of amides is 2. The molecule has 10 heteroatoms. The lowest BCUT2D eigenvalue weighted by Crippen LogP contribution is -2.60. The minimum atomic E-state index is -1.02. The molecular weight excluding hydrogens is 620 g/mol. The van der Waals surface area contributed by atoms with Crippen molar-refractivity contribution in [2.75, 3.05) is 0 Å². The van der Waals surface area contributed by atoms with Gasteiger partial charge >= 0.3 is 0 Å². The zero-order chi connectivity index (χ0) is 36.1. The largest absolute Gasteiger partial charge is 0.344 e. The maximum atomic E-state index is 14.7. The van der Waals surface area contributed by atoms with Crippen molar-refractivity contribution in [2.45, 2.75) is 118 Å². The van der Waals surface area contributed by atoms with Gasteiger partial charge in [0.1, 0.15) is 11.7 Å². The molecule has 0 radical (unpaired) electrons. The van der Waals surface area contributed by atoms with Crippen LogP contribution in [0.1, 0.15) is 115 Å². The van der Waals surface area contributed by atoms with Crippen LogP contribution in [0.15, 0.2) is 42.9 Å². The van der Waals surface area contributed by atoms with Crippen LogP contribution in [0.25, 0.3) is 0 Å². The molecule has 2 aromatic rings. The summed E-state index contributed by atoms with van der Waals surface area (Å²) in [6.07, 6.45) is 7.49. The van der Waals surface area contributed by atoms with E-state index in [0.717, 1.165) is 24.0 Å². The molecule has 1 fully saturated rings. The Morgan fingerprint density at radius 2 is 1.59 bits per heavy atom. The molecule has 49 heavy (non-hydrogen) atoms. The summed E-state index contributed by atoms with van der Waals surface area (Å²) in [5.74, 6) is -3.58. The number of fused-ring (bicyclic) bond motifs is 1. The molecule has 4 atom stereocenters. The van der Waals surface area contributed by atoms with Crippen LogP contribution in [-0.4, -0.2) is 61.9 Å². The second-order valence-corrected chi connectivity index (χ2v) is 16.0. The first-order chi connectivity index (χ1) is 23.0. The molecule has 0 unspecified atom stereocenters. The second-order valence-electron chi connectivity index (χ2n) is 16.0. The maximum Gasteiger partial charge on any atom is 0.246 e. The van der Waals surface area contributed by atoms with E-state index in [9.17, 15) is 28.8 Å². The van der Waals surface area contributed by atoms with Gasteiger partial charge in [-0.2, -0.15) is 0 Å². The minimum Gasteiger partial charge on any atom is -0.344 e. The smallest absolute Gasteiger partial charge is 0.246 e. The molecule has 1 aliphatic carbocycles. The van der Waals surface area contributed by atoms with E-state index >= 15 is 0 Å². The zero-order valence-corrected chi connectivity index (χ0v) is 30.1. The number of Topliss-reactive ketones (excluding diaryl/α,β-unsaturated/α-hetero) is 4. The lowest BCUT2D eigenvalue weighted by molar-refractivity contribution is -0.148. The van der Waals surface area contributed by atoms with Crippen molar-refractivity contribution in [1.29, 1.82) is 0 Å². The highest BCUT2D eigenvalue weighted by Gasteiger charge is 2.44. The third-order valence-electron chi connectivity index (χ3n) is 9.80. The van der Waals surface area contributed by atoms with Gasteiger partial charge in [-0.25, -0.2) is 4.98 Å². The Morgan fingerprint density at radius 3 is 2.16 bits per heavy atom. The van der Waals surface area contributed by atoms with Gasteiger partial charge in [0.25, 0.3) is 0 Å². The van der Waals surface area contributed by atoms with Crippen LogP contribution in [0.4, 0.5) is 0 Å². The number of nitrogens with one attached hydrogen (secondary N) is 1. The summed E-state index contributed by atoms with van der Waals surface area (Å²) in [5.41, 5.74) is 0.621. The van der Waals surface area contributed by atoms with Gasteiger partial charge in [-0.05, 0) is 47.1 Å². The van der Waals surface area contributed by atoms with Crippen molar-refractivity contribution in [1.82, 2.24) is 20.2 Å². The maximum absolute atomic E-state index is 14.7. The van der Waals surface area contributed by atoms with Crippen LogP contribution in [0.5, 0.6) is 0 Å². The van der Waals surface area contributed by atoms with E-state index in [4.69, 9.17) is 0 Å². The third kappa shape index (κ3) is 9.76. The lowest BCUT2D eigenvalue weighted by Gasteiger charge is -2.42. The Morgan fingerprint density at radius 1 is 0.918 bits per heavy atom. The van der Waals surface area contributed by atoms with Gasteiger partial charge in [0.05, 0.1) is 18.2 Å². The summed E-state index contributed by atoms with van der Waals surface area (Å²) in [6, 6.07) is 5.75. The number of aromatic nitrogens is 2. The number of nitrogens with zero attached hydrogens (tertiary/aromatic N) is 3. The van der Waals surface area contributed by atoms with Gasteiger partial charge in [-0.15, -0.1) is 0 Å². The summed E-state index contributed by atoms with van der Waals surface area (Å²) in [5, 5.41) is 2.99. The average molecular weight is 673 g/mol. The van der Waals surface area contributed by atoms with Gasteiger partial charge in [-0.1, -0.05) is 79.2 Å². The second kappa shape index (κ2) is 15.6. The van der Waals surface area contributed by atoms with Crippen LogP contribution >= 0.6 is 0 Å². The van der Waals surface area contributed by atoms with Crippen molar-refractivity contribution in [3.05, 3.63) is 59.7 Å². The van der Waals surface area contributed by atoms with E-state index in [-0.39, 0.29) is 55.4 Å². The topological polar surface area (TPSA) is 143 Å². The number of hydrogen-bond acceptors (Lipinski definition) is 8. The monoisotopic (exact) mass is 672 g/mol. The van der Waals surface area contributed by atoms with Crippen molar-refractivity contribution < 1.29 is 28.8 Å². The van der Waals surface area contributed by atoms with Gasteiger partial charge in [0, 0.05) is 50.5 Å².